The molecule has 0 spiro atoms. The lowest BCUT2D eigenvalue weighted by molar-refractivity contribution is -0.144. The molecule has 8 heteroatoms. The first-order valence-corrected chi connectivity index (χ1v) is 9.01. The standard InChI is InChI=1S/C17H19NO5S2/c1-4-22-12-7-6-11(8-13(12)23-5-2)9-14-15(19)18(17(24)25-14)10(3)16(20)21/h6-10H,4-5H2,1-3H3,(H,20,21)/b14-9-/t10-/m1/s1. The minimum absolute atomic E-state index is 0.238. The van der Waals surface area contributed by atoms with Crippen LogP contribution in [0.3, 0.4) is 0 Å². The molecule has 1 aliphatic heterocycles. The van der Waals surface area contributed by atoms with E-state index in [9.17, 15) is 9.59 Å². The van der Waals surface area contributed by atoms with Gasteiger partial charge in [-0.15, -0.1) is 0 Å². The topological polar surface area (TPSA) is 76.1 Å². The van der Waals surface area contributed by atoms with E-state index in [0.717, 1.165) is 22.2 Å². The molecule has 6 nitrogen and oxygen atoms in total. The van der Waals surface area contributed by atoms with Gasteiger partial charge in [-0.05, 0) is 44.5 Å². The van der Waals surface area contributed by atoms with Crippen molar-refractivity contribution in [2.75, 3.05) is 13.2 Å². The van der Waals surface area contributed by atoms with Crippen LogP contribution in [0.5, 0.6) is 11.5 Å². The highest BCUT2D eigenvalue weighted by molar-refractivity contribution is 8.26. The molecule has 1 aliphatic rings. The third-order valence-corrected chi connectivity index (χ3v) is 4.76. The maximum absolute atomic E-state index is 12.5. The van der Waals surface area contributed by atoms with E-state index < -0.39 is 17.9 Å². The summed E-state index contributed by atoms with van der Waals surface area (Å²) in [7, 11) is 0. The maximum Gasteiger partial charge on any atom is 0.326 e. The molecular weight excluding hydrogens is 362 g/mol. The number of carbonyl (C=O) groups excluding carboxylic acids is 1. The predicted molar refractivity (Wildman–Crippen MR) is 101 cm³/mol. The molecule has 0 radical (unpaired) electrons. The highest BCUT2D eigenvalue weighted by atomic mass is 32.2. The number of aliphatic carboxylic acids is 1. The van der Waals surface area contributed by atoms with Crippen LogP contribution in [0.25, 0.3) is 6.08 Å². The molecule has 1 N–H and O–H groups in total. The van der Waals surface area contributed by atoms with Gasteiger partial charge in [0.1, 0.15) is 10.4 Å². The number of carboxylic acid groups (broad SMARTS) is 1. The zero-order valence-electron chi connectivity index (χ0n) is 14.1. The Kier molecular flexibility index (Phi) is 6.44. The van der Waals surface area contributed by atoms with Gasteiger partial charge in [0.2, 0.25) is 0 Å². The summed E-state index contributed by atoms with van der Waals surface area (Å²) in [6, 6.07) is 4.36. The lowest BCUT2D eigenvalue weighted by atomic mass is 10.1. The van der Waals surface area contributed by atoms with Gasteiger partial charge < -0.3 is 14.6 Å². The van der Waals surface area contributed by atoms with E-state index in [4.69, 9.17) is 26.8 Å². The number of carboxylic acids is 1. The Bertz CT molecular complexity index is 732. The molecule has 0 bridgehead atoms. The Morgan fingerprint density at radius 2 is 1.96 bits per heavy atom. The first-order valence-electron chi connectivity index (χ1n) is 7.78. The Balaban J connectivity index is 2.31. The van der Waals surface area contributed by atoms with Crippen molar-refractivity contribution in [3.63, 3.8) is 0 Å². The largest absolute Gasteiger partial charge is 0.490 e. The molecular formula is C17H19NO5S2. The van der Waals surface area contributed by atoms with E-state index in [-0.39, 0.29) is 4.32 Å². The highest BCUT2D eigenvalue weighted by Gasteiger charge is 2.38. The number of ether oxygens (including phenoxy) is 2. The van der Waals surface area contributed by atoms with Crippen molar-refractivity contribution in [1.29, 1.82) is 0 Å². The van der Waals surface area contributed by atoms with Gasteiger partial charge in [-0.3, -0.25) is 9.69 Å². The second-order valence-corrected chi connectivity index (χ2v) is 6.81. The molecule has 1 aromatic rings. The Hall–Kier alpha value is -2.06. The zero-order chi connectivity index (χ0) is 18.6. The minimum Gasteiger partial charge on any atom is -0.490 e. The normalized spacial score (nSPS) is 17.1. The number of rotatable bonds is 7. The van der Waals surface area contributed by atoms with Crippen molar-refractivity contribution in [3.8, 4) is 11.5 Å². The fourth-order valence-corrected chi connectivity index (χ4v) is 3.65. The van der Waals surface area contributed by atoms with Crippen LogP contribution in [0, 0.1) is 0 Å². The summed E-state index contributed by atoms with van der Waals surface area (Å²) >= 11 is 6.24. The Labute approximate surface area is 155 Å². The molecule has 0 saturated carbocycles. The minimum atomic E-state index is -1.10. The zero-order valence-corrected chi connectivity index (χ0v) is 15.8. The third kappa shape index (κ3) is 4.32. The molecule has 134 valence electrons. The lowest BCUT2D eigenvalue weighted by Gasteiger charge is -2.18. The van der Waals surface area contributed by atoms with Crippen LogP contribution in [-0.2, 0) is 9.59 Å². The van der Waals surface area contributed by atoms with E-state index in [1.807, 2.05) is 13.8 Å². The number of benzene rings is 1. The van der Waals surface area contributed by atoms with Crippen LogP contribution in [0.15, 0.2) is 23.1 Å². The molecule has 0 unspecified atom stereocenters. The molecule has 0 aliphatic carbocycles. The van der Waals surface area contributed by atoms with Gasteiger partial charge in [0.05, 0.1) is 18.1 Å². The van der Waals surface area contributed by atoms with Crippen molar-refractivity contribution in [2.24, 2.45) is 0 Å². The second kappa shape index (κ2) is 8.35. The van der Waals surface area contributed by atoms with Crippen molar-refractivity contribution in [3.05, 3.63) is 28.7 Å². The van der Waals surface area contributed by atoms with Gasteiger partial charge in [0, 0.05) is 0 Å². The molecule has 1 heterocycles. The summed E-state index contributed by atoms with van der Waals surface area (Å²) in [5.41, 5.74) is 0.746. The fraction of sp³-hybridized carbons (Fsp3) is 0.353. The first-order chi connectivity index (χ1) is 11.9. The number of hydrogen-bond donors (Lipinski definition) is 1. The van der Waals surface area contributed by atoms with Gasteiger partial charge in [0.25, 0.3) is 5.91 Å². The lowest BCUT2D eigenvalue weighted by Crippen LogP contribution is -2.41. The fourth-order valence-electron chi connectivity index (χ4n) is 2.23. The van der Waals surface area contributed by atoms with Gasteiger partial charge in [-0.1, -0.05) is 30.0 Å². The number of carbonyl (C=O) groups is 2. The van der Waals surface area contributed by atoms with Crippen molar-refractivity contribution in [2.45, 2.75) is 26.8 Å². The maximum atomic E-state index is 12.5. The van der Waals surface area contributed by atoms with E-state index >= 15 is 0 Å². The summed E-state index contributed by atoms with van der Waals surface area (Å²) in [6.07, 6.45) is 1.67. The summed E-state index contributed by atoms with van der Waals surface area (Å²) in [5.74, 6) is -0.282. The van der Waals surface area contributed by atoms with Crippen LogP contribution in [0.4, 0.5) is 0 Å². The van der Waals surface area contributed by atoms with Crippen LogP contribution in [-0.4, -0.2) is 45.5 Å². The monoisotopic (exact) mass is 381 g/mol. The van der Waals surface area contributed by atoms with Crippen LogP contribution >= 0.6 is 24.0 Å². The number of hydrogen-bond acceptors (Lipinski definition) is 6. The van der Waals surface area contributed by atoms with Crippen LogP contribution in [0.2, 0.25) is 0 Å². The van der Waals surface area contributed by atoms with E-state index in [1.165, 1.54) is 6.92 Å². The SMILES string of the molecule is CCOc1ccc(/C=C2\SC(=S)N([C@H](C)C(=O)O)C2=O)cc1OCC. The van der Waals surface area contributed by atoms with Crippen LogP contribution < -0.4 is 9.47 Å². The molecule has 1 atom stereocenters. The Morgan fingerprint density at radius 1 is 1.32 bits per heavy atom. The van der Waals surface area contributed by atoms with Crippen molar-refractivity contribution < 1.29 is 24.2 Å². The van der Waals surface area contributed by atoms with Gasteiger partial charge >= 0.3 is 5.97 Å². The summed E-state index contributed by atoms with van der Waals surface area (Å²) in [6.45, 7) is 6.20. The highest BCUT2D eigenvalue weighted by Crippen LogP contribution is 2.35. The number of amides is 1. The molecule has 1 fully saturated rings. The molecule has 0 aromatic heterocycles. The second-order valence-electron chi connectivity index (χ2n) is 5.14. The number of thioether (sulfide) groups is 1. The van der Waals surface area contributed by atoms with Gasteiger partial charge in [-0.2, -0.15) is 0 Å². The van der Waals surface area contributed by atoms with E-state index in [2.05, 4.69) is 0 Å². The molecule has 25 heavy (non-hydrogen) atoms. The number of thiocarbonyl (C=S) groups is 1. The summed E-state index contributed by atoms with van der Waals surface area (Å²) < 4.78 is 11.3. The van der Waals surface area contributed by atoms with E-state index in [1.54, 1.807) is 24.3 Å². The molecule has 1 aromatic carbocycles. The number of nitrogens with zero attached hydrogens (tertiary/aromatic N) is 1. The molecule has 1 amide bonds. The first kappa shape index (κ1) is 19.3. The molecule has 1 saturated heterocycles. The predicted octanol–water partition coefficient (Wildman–Crippen LogP) is 3.16. The van der Waals surface area contributed by atoms with Crippen molar-refractivity contribution >= 4 is 46.3 Å². The third-order valence-electron chi connectivity index (χ3n) is 3.43. The summed E-state index contributed by atoms with van der Waals surface area (Å²) in [5, 5.41) is 9.12. The average molecular weight is 381 g/mol. The Morgan fingerprint density at radius 3 is 2.56 bits per heavy atom. The van der Waals surface area contributed by atoms with E-state index in [0.29, 0.717) is 29.6 Å². The van der Waals surface area contributed by atoms with Gasteiger partial charge in [-0.25, -0.2) is 4.79 Å². The van der Waals surface area contributed by atoms with Gasteiger partial charge in [0.15, 0.2) is 11.5 Å². The summed E-state index contributed by atoms with van der Waals surface area (Å²) in [4.78, 5) is 25.1. The quantitative estimate of drug-likeness (QED) is 0.574. The van der Waals surface area contributed by atoms with Crippen molar-refractivity contribution in [1.82, 2.24) is 4.90 Å². The molecule has 2 rings (SSSR count). The smallest absolute Gasteiger partial charge is 0.326 e. The van der Waals surface area contributed by atoms with Crippen LogP contribution in [0.1, 0.15) is 26.3 Å². The average Bonchev–Trinajstić information content (AvgIpc) is 2.83.